The van der Waals surface area contributed by atoms with Crippen LogP contribution in [0.15, 0.2) is 28.9 Å². The number of nitriles is 1. The van der Waals surface area contributed by atoms with E-state index in [1.54, 1.807) is 6.20 Å². The van der Waals surface area contributed by atoms with Gasteiger partial charge in [0.15, 0.2) is 0 Å². The van der Waals surface area contributed by atoms with Crippen LogP contribution in [-0.2, 0) is 0 Å². The van der Waals surface area contributed by atoms with Crippen LogP contribution >= 0.6 is 15.9 Å². The van der Waals surface area contributed by atoms with Crippen LogP contribution in [0.3, 0.4) is 0 Å². The summed E-state index contributed by atoms with van der Waals surface area (Å²) in [6.07, 6.45) is 6.32. The molecule has 0 radical (unpaired) electrons. The van der Waals surface area contributed by atoms with Gasteiger partial charge in [-0.1, -0.05) is 15.9 Å². The Labute approximate surface area is 145 Å². The summed E-state index contributed by atoms with van der Waals surface area (Å²) in [4.78, 5) is 6.71. The van der Waals surface area contributed by atoms with Crippen LogP contribution < -0.4 is 5.32 Å². The van der Waals surface area contributed by atoms with Gasteiger partial charge in [0.05, 0.1) is 16.8 Å². The second kappa shape index (κ2) is 6.86. The molecule has 1 heterocycles. The minimum absolute atomic E-state index is 0.419. The lowest BCUT2D eigenvalue weighted by Gasteiger charge is -2.33. The predicted molar refractivity (Wildman–Crippen MR) is 97.5 cm³/mol. The molecule has 0 saturated heterocycles. The number of nitrogens with zero attached hydrogens (tertiary/aromatic N) is 3. The lowest BCUT2D eigenvalue weighted by molar-refractivity contribution is 0.221. The Bertz CT molecular complexity index is 743. The van der Waals surface area contributed by atoms with Gasteiger partial charge in [0.2, 0.25) is 0 Å². The zero-order valence-electron chi connectivity index (χ0n) is 13.5. The van der Waals surface area contributed by atoms with Crippen molar-refractivity contribution in [3.05, 3.63) is 34.4 Å². The maximum absolute atomic E-state index is 9.44. The van der Waals surface area contributed by atoms with E-state index in [1.165, 1.54) is 12.8 Å². The number of aromatic nitrogens is 1. The number of pyridine rings is 1. The molecule has 0 atom stereocenters. The van der Waals surface area contributed by atoms with Crippen LogP contribution in [0, 0.1) is 11.3 Å². The third kappa shape index (κ3) is 3.49. The minimum atomic E-state index is 0.419. The molecule has 0 bridgehead atoms. The van der Waals surface area contributed by atoms with E-state index in [4.69, 9.17) is 0 Å². The molecule has 1 aliphatic carbocycles. The summed E-state index contributed by atoms with van der Waals surface area (Å²) in [6.45, 7) is 0. The van der Waals surface area contributed by atoms with Gasteiger partial charge in [-0.15, -0.1) is 0 Å². The molecule has 5 heteroatoms. The van der Waals surface area contributed by atoms with Gasteiger partial charge < -0.3 is 10.2 Å². The number of nitrogens with one attached hydrogen (secondary N) is 1. The van der Waals surface area contributed by atoms with Crippen molar-refractivity contribution in [1.29, 1.82) is 5.26 Å². The molecular formula is C18H21BrN4. The smallest absolute Gasteiger partial charge is 0.103 e. The highest BCUT2D eigenvalue weighted by Crippen LogP contribution is 2.31. The van der Waals surface area contributed by atoms with Crippen molar-refractivity contribution in [3.8, 4) is 6.07 Å². The van der Waals surface area contributed by atoms with Crippen molar-refractivity contribution in [1.82, 2.24) is 9.88 Å². The molecule has 1 aliphatic rings. The second-order valence-electron chi connectivity index (χ2n) is 6.43. The number of hydrogen-bond donors (Lipinski definition) is 1. The van der Waals surface area contributed by atoms with Crippen molar-refractivity contribution in [2.75, 3.05) is 19.4 Å². The normalized spacial score (nSPS) is 21.3. The van der Waals surface area contributed by atoms with Gasteiger partial charge in [0.1, 0.15) is 6.07 Å². The highest BCUT2D eigenvalue weighted by Gasteiger charge is 2.23. The predicted octanol–water partition coefficient (Wildman–Crippen LogP) is 4.15. The average molecular weight is 373 g/mol. The molecule has 1 aromatic heterocycles. The Morgan fingerprint density at radius 3 is 2.65 bits per heavy atom. The van der Waals surface area contributed by atoms with Gasteiger partial charge in [-0.2, -0.15) is 5.26 Å². The standard InChI is InChI=1S/C18H21BrN4/c1-23(2)15-6-4-14(5-7-15)22-18-12(10-20)11-21-17-8-3-13(19)9-16(17)18/h3,8-9,11,14-15H,4-7H2,1-2H3,(H,21,22)/t14-,15-. The zero-order valence-corrected chi connectivity index (χ0v) is 15.1. The molecule has 0 amide bonds. The maximum Gasteiger partial charge on any atom is 0.103 e. The fourth-order valence-electron chi connectivity index (χ4n) is 3.35. The summed E-state index contributed by atoms with van der Waals surface area (Å²) >= 11 is 3.52. The molecule has 23 heavy (non-hydrogen) atoms. The van der Waals surface area contributed by atoms with E-state index in [-0.39, 0.29) is 0 Å². The first-order chi connectivity index (χ1) is 11.1. The van der Waals surface area contributed by atoms with Gasteiger partial charge in [-0.25, -0.2) is 0 Å². The van der Waals surface area contributed by atoms with Crippen molar-refractivity contribution >= 4 is 32.5 Å². The SMILES string of the molecule is CN(C)[C@H]1CC[C@H](Nc2c(C#N)cnc3ccc(Br)cc23)CC1. The molecule has 0 spiro atoms. The van der Waals surface area contributed by atoms with Crippen molar-refractivity contribution in [2.24, 2.45) is 0 Å². The zero-order chi connectivity index (χ0) is 16.4. The summed E-state index contributed by atoms with van der Waals surface area (Å²) in [6, 6.07) is 9.37. The van der Waals surface area contributed by atoms with Crippen molar-refractivity contribution in [3.63, 3.8) is 0 Å². The number of halogens is 1. The fraction of sp³-hybridized carbons (Fsp3) is 0.444. The first-order valence-corrected chi connectivity index (χ1v) is 8.79. The molecule has 1 fully saturated rings. The molecule has 3 rings (SSSR count). The van der Waals surface area contributed by atoms with Gasteiger partial charge >= 0.3 is 0 Å². The summed E-state index contributed by atoms with van der Waals surface area (Å²) in [5, 5.41) is 14.1. The Kier molecular flexibility index (Phi) is 4.84. The number of anilines is 1. The van der Waals surface area contributed by atoms with Crippen LogP contribution in [0.4, 0.5) is 5.69 Å². The third-order valence-electron chi connectivity index (χ3n) is 4.73. The molecule has 1 saturated carbocycles. The molecule has 1 aromatic carbocycles. The van der Waals surface area contributed by atoms with Crippen LogP contribution in [-0.4, -0.2) is 36.1 Å². The van der Waals surface area contributed by atoms with Crippen molar-refractivity contribution in [2.45, 2.75) is 37.8 Å². The van der Waals surface area contributed by atoms with Gasteiger partial charge in [0, 0.05) is 28.1 Å². The number of benzene rings is 1. The van der Waals surface area contributed by atoms with Crippen LogP contribution in [0.25, 0.3) is 10.9 Å². The van der Waals surface area contributed by atoms with E-state index in [0.717, 1.165) is 33.9 Å². The highest BCUT2D eigenvalue weighted by atomic mass is 79.9. The van der Waals surface area contributed by atoms with E-state index in [9.17, 15) is 5.26 Å². The van der Waals surface area contributed by atoms with Gasteiger partial charge in [0.25, 0.3) is 0 Å². The largest absolute Gasteiger partial charge is 0.381 e. The minimum Gasteiger partial charge on any atom is -0.381 e. The third-order valence-corrected chi connectivity index (χ3v) is 5.22. The first-order valence-electron chi connectivity index (χ1n) is 8.00. The summed E-state index contributed by atoms with van der Waals surface area (Å²) in [5.74, 6) is 0. The lowest BCUT2D eigenvalue weighted by Crippen LogP contribution is -2.36. The van der Waals surface area contributed by atoms with E-state index in [1.807, 2.05) is 18.2 Å². The summed E-state index contributed by atoms with van der Waals surface area (Å²) in [7, 11) is 4.31. The topological polar surface area (TPSA) is 52.0 Å². The number of fused-ring (bicyclic) bond motifs is 1. The Morgan fingerprint density at radius 1 is 1.26 bits per heavy atom. The Morgan fingerprint density at radius 2 is 2.00 bits per heavy atom. The Balaban J connectivity index is 1.88. The Hall–Kier alpha value is -1.64. The number of rotatable bonds is 3. The molecule has 0 aliphatic heterocycles. The first kappa shape index (κ1) is 16.2. The van der Waals surface area contributed by atoms with E-state index in [0.29, 0.717) is 17.6 Å². The van der Waals surface area contributed by atoms with E-state index >= 15 is 0 Å². The van der Waals surface area contributed by atoms with Crippen LogP contribution in [0.2, 0.25) is 0 Å². The molecule has 120 valence electrons. The van der Waals surface area contributed by atoms with Crippen LogP contribution in [0.5, 0.6) is 0 Å². The molecule has 4 nitrogen and oxygen atoms in total. The lowest BCUT2D eigenvalue weighted by atomic mass is 9.90. The van der Waals surface area contributed by atoms with Gasteiger partial charge in [-0.3, -0.25) is 4.98 Å². The van der Waals surface area contributed by atoms with Gasteiger partial charge in [-0.05, 0) is 58.0 Å². The van der Waals surface area contributed by atoms with Crippen LogP contribution in [0.1, 0.15) is 31.2 Å². The van der Waals surface area contributed by atoms with E-state index < -0.39 is 0 Å². The fourth-order valence-corrected chi connectivity index (χ4v) is 3.71. The molecule has 2 aromatic rings. The summed E-state index contributed by atoms with van der Waals surface area (Å²) in [5.41, 5.74) is 2.45. The summed E-state index contributed by atoms with van der Waals surface area (Å²) < 4.78 is 1.00. The monoisotopic (exact) mass is 372 g/mol. The molecule has 1 N–H and O–H groups in total. The van der Waals surface area contributed by atoms with E-state index in [2.05, 4.69) is 51.3 Å². The quantitative estimate of drug-likeness (QED) is 0.878. The average Bonchev–Trinajstić information content (AvgIpc) is 2.56. The second-order valence-corrected chi connectivity index (χ2v) is 7.35. The number of hydrogen-bond acceptors (Lipinski definition) is 4. The molecule has 0 unspecified atom stereocenters. The maximum atomic E-state index is 9.44. The highest BCUT2D eigenvalue weighted by molar-refractivity contribution is 9.10. The van der Waals surface area contributed by atoms with Crippen molar-refractivity contribution < 1.29 is 0 Å². The molecular weight excluding hydrogens is 352 g/mol.